The lowest BCUT2D eigenvalue weighted by Gasteiger charge is -2.43. The molecule has 0 aliphatic carbocycles. The molecular formula is C25H32Br2OSi. The maximum absolute atomic E-state index is 6.93. The first kappa shape index (κ1) is 24.3. The molecule has 156 valence electrons. The Morgan fingerprint density at radius 1 is 0.897 bits per heavy atom. The van der Waals surface area contributed by atoms with Crippen LogP contribution in [-0.4, -0.2) is 14.9 Å². The third-order valence-corrected chi connectivity index (χ3v) is 10.6. The molecule has 0 heterocycles. The second kappa shape index (κ2) is 11.4. The van der Waals surface area contributed by atoms with Crippen LogP contribution in [0.5, 0.6) is 0 Å². The molecule has 0 N–H and O–H groups in total. The van der Waals surface area contributed by atoms with Gasteiger partial charge in [-0.3, -0.25) is 0 Å². The SMILES string of the molecule is C/C(C=C(Br)Br)=C\CCCCO[Si](c1ccccc1)(c1ccccc1)C(C)(C)C. The lowest BCUT2D eigenvalue weighted by molar-refractivity contribution is 0.289. The van der Waals surface area contributed by atoms with E-state index in [4.69, 9.17) is 4.43 Å². The van der Waals surface area contributed by atoms with E-state index in [-0.39, 0.29) is 5.04 Å². The smallest absolute Gasteiger partial charge is 0.261 e. The van der Waals surface area contributed by atoms with Crippen LogP contribution in [0.1, 0.15) is 47.0 Å². The fourth-order valence-corrected chi connectivity index (χ4v) is 9.12. The summed E-state index contributed by atoms with van der Waals surface area (Å²) in [5.74, 6) is 0. The highest BCUT2D eigenvalue weighted by Crippen LogP contribution is 2.36. The predicted octanol–water partition coefficient (Wildman–Crippen LogP) is 7.31. The van der Waals surface area contributed by atoms with Crippen molar-refractivity contribution in [2.75, 3.05) is 6.61 Å². The summed E-state index contributed by atoms with van der Waals surface area (Å²) >= 11 is 6.83. The molecule has 0 aliphatic rings. The summed E-state index contributed by atoms with van der Waals surface area (Å²) in [7, 11) is -2.39. The highest BCUT2D eigenvalue weighted by Gasteiger charge is 2.49. The van der Waals surface area contributed by atoms with E-state index in [1.807, 2.05) is 0 Å². The Kier molecular flexibility index (Phi) is 9.60. The Morgan fingerprint density at radius 2 is 1.41 bits per heavy atom. The summed E-state index contributed by atoms with van der Waals surface area (Å²) in [6.45, 7) is 9.90. The molecule has 0 aliphatic heterocycles. The number of allylic oxidation sites excluding steroid dienone is 3. The monoisotopic (exact) mass is 534 g/mol. The number of benzene rings is 2. The van der Waals surface area contributed by atoms with E-state index in [0.717, 1.165) is 29.3 Å². The van der Waals surface area contributed by atoms with Gasteiger partial charge in [0.05, 0.1) is 3.39 Å². The van der Waals surface area contributed by atoms with E-state index in [9.17, 15) is 0 Å². The Hall–Kier alpha value is -0.943. The second-order valence-corrected chi connectivity index (χ2v) is 15.5. The van der Waals surface area contributed by atoms with Gasteiger partial charge in [0.25, 0.3) is 8.32 Å². The van der Waals surface area contributed by atoms with Crippen LogP contribution < -0.4 is 10.4 Å². The number of hydrogen-bond donors (Lipinski definition) is 0. The Morgan fingerprint density at radius 3 is 1.86 bits per heavy atom. The summed E-state index contributed by atoms with van der Waals surface area (Å²) in [5, 5.41) is 2.74. The Labute approximate surface area is 194 Å². The van der Waals surface area contributed by atoms with Crippen molar-refractivity contribution >= 4 is 50.6 Å². The number of hydrogen-bond acceptors (Lipinski definition) is 1. The molecule has 0 unspecified atom stereocenters. The first-order valence-corrected chi connectivity index (χ1v) is 13.7. The van der Waals surface area contributed by atoms with Crippen molar-refractivity contribution in [3.63, 3.8) is 0 Å². The fourth-order valence-electron chi connectivity index (χ4n) is 3.79. The highest BCUT2D eigenvalue weighted by molar-refractivity contribution is 9.28. The topological polar surface area (TPSA) is 9.23 Å². The maximum atomic E-state index is 6.93. The summed E-state index contributed by atoms with van der Waals surface area (Å²) in [6, 6.07) is 21.7. The molecule has 0 fully saturated rings. The van der Waals surface area contributed by atoms with Crippen molar-refractivity contribution in [1.82, 2.24) is 0 Å². The molecule has 0 spiro atoms. The van der Waals surface area contributed by atoms with Crippen LogP contribution in [0.4, 0.5) is 0 Å². The van der Waals surface area contributed by atoms with Crippen LogP contribution in [0, 0.1) is 0 Å². The van der Waals surface area contributed by atoms with Gasteiger partial charge in [-0.05, 0) is 79.5 Å². The highest BCUT2D eigenvalue weighted by atomic mass is 79.9. The number of rotatable bonds is 9. The molecule has 0 radical (unpaired) electrons. The third kappa shape index (κ3) is 6.78. The van der Waals surface area contributed by atoms with E-state index in [1.165, 1.54) is 15.9 Å². The van der Waals surface area contributed by atoms with Crippen molar-refractivity contribution in [1.29, 1.82) is 0 Å². The van der Waals surface area contributed by atoms with Crippen molar-refractivity contribution in [2.24, 2.45) is 0 Å². The molecule has 2 aromatic rings. The van der Waals surface area contributed by atoms with Gasteiger partial charge in [-0.25, -0.2) is 0 Å². The average molecular weight is 536 g/mol. The van der Waals surface area contributed by atoms with Crippen LogP contribution >= 0.6 is 31.9 Å². The second-order valence-electron chi connectivity index (χ2n) is 8.39. The largest absolute Gasteiger partial charge is 0.407 e. The van der Waals surface area contributed by atoms with Gasteiger partial charge in [-0.2, -0.15) is 0 Å². The lowest BCUT2D eigenvalue weighted by Crippen LogP contribution is -2.66. The summed E-state index contributed by atoms with van der Waals surface area (Å²) in [6.07, 6.45) is 7.63. The summed E-state index contributed by atoms with van der Waals surface area (Å²) < 4.78 is 7.91. The molecule has 2 aromatic carbocycles. The number of unbranched alkanes of at least 4 members (excludes halogenated alkanes) is 2. The minimum atomic E-state index is -2.39. The van der Waals surface area contributed by atoms with E-state index < -0.39 is 8.32 Å². The summed E-state index contributed by atoms with van der Waals surface area (Å²) in [4.78, 5) is 0. The molecule has 0 aromatic heterocycles. The van der Waals surface area contributed by atoms with Gasteiger partial charge in [0.2, 0.25) is 0 Å². The quantitative estimate of drug-likeness (QED) is 0.186. The van der Waals surface area contributed by atoms with Gasteiger partial charge in [-0.15, -0.1) is 0 Å². The van der Waals surface area contributed by atoms with Gasteiger partial charge >= 0.3 is 0 Å². The molecule has 1 nitrogen and oxygen atoms in total. The molecule has 4 heteroatoms. The lowest BCUT2D eigenvalue weighted by atomic mass is 10.2. The van der Waals surface area contributed by atoms with Crippen LogP contribution in [0.3, 0.4) is 0 Å². The molecule has 0 amide bonds. The van der Waals surface area contributed by atoms with Crippen LogP contribution in [-0.2, 0) is 4.43 Å². The predicted molar refractivity (Wildman–Crippen MR) is 137 cm³/mol. The molecule has 0 saturated carbocycles. The standard InChI is InChI=1S/C25H32Br2OSi/c1-21(20-24(26)27)14-8-7-13-19-28-29(25(2,3)4,22-15-9-5-10-16-22)23-17-11-6-12-18-23/h5-6,9-12,14-18,20H,7-8,13,19H2,1-4H3/b21-14+. The van der Waals surface area contributed by atoms with Gasteiger partial charge in [0.1, 0.15) is 0 Å². The molecular weight excluding hydrogens is 504 g/mol. The van der Waals surface area contributed by atoms with Crippen LogP contribution in [0.2, 0.25) is 5.04 Å². The molecule has 29 heavy (non-hydrogen) atoms. The van der Waals surface area contributed by atoms with E-state index in [2.05, 4.69) is 132 Å². The first-order valence-electron chi connectivity index (χ1n) is 10.2. The minimum Gasteiger partial charge on any atom is -0.407 e. The minimum absolute atomic E-state index is 0.0408. The fraction of sp³-hybridized carbons (Fsp3) is 0.360. The third-order valence-electron chi connectivity index (χ3n) is 5.14. The zero-order valence-electron chi connectivity index (χ0n) is 17.9. The van der Waals surface area contributed by atoms with Crippen molar-refractivity contribution in [2.45, 2.75) is 52.0 Å². The zero-order chi connectivity index (χ0) is 21.3. The van der Waals surface area contributed by atoms with Gasteiger partial charge in [0.15, 0.2) is 0 Å². The molecule has 2 rings (SSSR count). The van der Waals surface area contributed by atoms with Crippen molar-refractivity contribution < 1.29 is 4.43 Å². The zero-order valence-corrected chi connectivity index (χ0v) is 22.1. The van der Waals surface area contributed by atoms with Gasteiger partial charge in [0, 0.05) is 6.61 Å². The van der Waals surface area contributed by atoms with E-state index in [1.54, 1.807) is 0 Å². The Balaban J connectivity index is 2.18. The molecule has 0 bridgehead atoms. The van der Waals surface area contributed by atoms with E-state index >= 15 is 0 Å². The Bertz CT molecular complexity index is 764. The van der Waals surface area contributed by atoms with E-state index in [0.29, 0.717) is 0 Å². The van der Waals surface area contributed by atoms with Crippen molar-refractivity contribution in [3.05, 3.63) is 81.8 Å². The number of halogens is 2. The average Bonchev–Trinajstić information content (AvgIpc) is 2.67. The normalized spacial score (nSPS) is 12.7. The van der Waals surface area contributed by atoms with Crippen LogP contribution in [0.15, 0.2) is 81.8 Å². The molecule has 0 atom stereocenters. The maximum Gasteiger partial charge on any atom is 0.261 e. The summed E-state index contributed by atoms with van der Waals surface area (Å²) in [5.41, 5.74) is 1.27. The molecule has 0 saturated heterocycles. The first-order chi connectivity index (χ1) is 13.8. The van der Waals surface area contributed by atoms with Gasteiger partial charge in [-0.1, -0.05) is 93.1 Å². The van der Waals surface area contributed by atoms with Crippen LogP contribution in [0.25, 0.3) is 0 Å². The van der Waals surface area contributed by atoms with Gasteiger partial charge < -0.3 is 4.43 Å². The van der Waals surface area contributed by atoms with Crippen molar-refractivity contribution in [3.8, 4) is 0 Å².